The third kappa shape index (κ3) is 3.52. The first-order chi connectivity index (χ1) is 14.6. The van der Waals surface area contributed by atoms with E-state index in [4.69, 9.17) is 0 Å². The van der Waals surface area contributed by atoms with Crippen molar-refractivity contribution in [3.05, 3.63) is 70.5 Å². The van der Waals surface area contributed by atoms with E-state index in [0.29, 0.717) is 11.5 Å². The van der Waals surface area contributed by atoms with E-state index in [1.165, 1.54) is 4.90 Å². The Labute approximate surface area is 181 Å². The SMILES string of the molecule is CCC(=O)C1=C(O)C(=O)N(c2nc3ccc(C)cc3[nH]2)C1c1ccc(C(C)(C)C)cc1. The van der Waals surface area contributed by atoms with Crippen LogP contribution < -0.4 is 4.90 Å². The topological polar surface area (TPSA) is 86.3 Å². The molecule has 6 heteroatoms. The maximum atomic E-state index is 13.1. The predicted octanol–water partition coefficient (Wildman–Crippen LogP) is 5.05. The number of benzene rings is 2. The van der Waals surface area contributed by atoms with Gasteiger partial charge in [-0.2, -0.15) is 0 Å². The quantitative estimate of drug-likeness (QED) is 0.622. The van der Waals surface area contributed by atoms with Crippen LogP contribution >= 0.6 is 0 Å². The summed E-state index contributed by atoms with van der Waals surface area (Å²) in [4.78, 5) is 35.0. The highest BCUT2D eigenvalue weighted by atomic mass is 16.3. The predicted molar refractivity (Wildman–Crippen MR) is 121 cm³/mol. The lowest BCUT2D eigenvalue weighted by Crippen LogP contribution is -2.32. The number of fused-ring (bicyclic) bond motifs is 1. The molecule has 0 radical (unpaired) electrons. The van der Waals surface area contributed by atoms with Crippen molar-refractivity contribution in [2.24, 2.45) is 0 Å². The number of anilines is 1. The van der Waals surface area contributed by atoms with Crippen LogP contribution in [0.1, 0.15) is 56.8 Å². The number of aromatic nitrogens is 2. The fraction of sp³-hybridized carbons (Fsp3) is 0.320. The third-order valence-corrected chi connectivity index (χ3v) is 5.78. The molecule has 1 unspecified atom stereocenters. The lowest BCUT2D eigenvalue weighted by Gasteiger charge is -2.26. The van der Waals surface area contributed by atoms with E-state index in [-0.39, 0.29) is 23.2 Å². The number of aromatic amines is 1. The van der Waals surface area contributed by atoms with Crippen LogP contribution in [0.2, 0.25) is 0 Å². The van der Waals surface area contributed by atoms with Crippen molar-refractivity contribution in [3.63, 3.8) is 0 Å². The van der Waals surface area contributed by atoms with Crippen LogP contribution in [-0.4, -0.2) is 26.8 Å². The van der Waals surface area contributed by atoms with Crippen LogP contribution in [0, 0.1) is 6.92 Å². The number of ketones is 1. The van der Waals surface area contributed by atoms with Crippen LogP contribution in [-0.2, 0) is 15.0 Å². The van der Waals surface area contributed by atoms with Gasteiger partial charge < -0.3 is 10.1 Å². The minimum atomic E-state index is -0.740. The third-order valence-electron chi connectivity index (χ3n) is 5.78. The summed E-state index contributed by atoms with van der Waals surface area (Å²) in [7, 11) is 0. The monoisotopic (exact) mass is 417 g/mol. The molecule has 1 aromatic heterocycles. The second kappa shape index (κ2) is 7.38. The Morgan fingerprint density at radius 1 is 1.16 bits per heavy atom. The summed E-state index contributed by atoms with van der Waals surface area (Å²) in [6.45, 7) is 10.1. The molecule has 0 bridgehead atoms. The van der Waals surface area contributed by atoms with Gasteiger partial charge in [0.05, 0.1) is 22.6 Å². The number of hydrogen-bond donors (Lipinski definition) is 2. The molecule has 2 aromatic carbocycles. The number of carbonyl (C=O) groups is 2. The number of nitrogens with zero attached hydrogens (tertiary/aromatic N) is 2. The van der Waals surface area contributed by atoms with Gasteiger partial charge in [0.15, 0.2) is 11.5 Å². The molecule has 0 saturated heterocycles. The van der Waals surface area contributed by atoms with E-state index < -0.39 is 17.7 Å². The van der Waals surface area contributed by atoms with Gasteiger partial charge in [0.25, 0.3) is 5.91 Å². The molecular weight excluding hydrogens is 390 g/mol. The lowest BCUT2D eigenvalue weighted by atomic mass is 9.85. The first kappa shape index (κ1) is 20.8. The summed E-state index contributed by atoms with van der Waals surface area (Å²) in [5, 5.41) is 10.7. The van der Waals surface area contributed by atoms with Crippen LogP contribution in [0.15, 0.2) is 53.8 Å². The highest BCUT2D eigenvalue weighted by molar-refractivity contribution is 6.16. The van der Waals surface area contributed by atoms with Gasteiger partial charge in [-0.1, -0.05) is 58.0 Å². The highest BCUT2D eigenvalue weighted by Crippen LogP contribution is 2.41. The molecule has 1 aliphatic heterocycles. The fourth-order valence-electron chi connectivity index (χ4n) is 4.00. The normalized spacial score (nSPS) is 17.1. The van der Waals surface area contributed by atoms with Crippen LogP contribution in [0.4, 0.5) is 5.95 Å². The van der Waals surface area contributed by atoms with Crippen molar-refractivity contribution in [2.75, 3.05) is 4.90 Å². The molecule has 1 aliphatic rings. The van der Waals surface area contributed by atoms with E-state index in [1.54, 1.807) is 6.92 Å². The second-order valence-electron chi connectivity index (χ2n) is 9.07. The van der Waals surface area contributed by atoms with Gasteiger partial charge >= 0.3 is 0 Å². The number of aliphatic hydroxyl groups is 1. The number of Topliss-reactive ketones (excluding diaryl/α,β-unsaturated/α-hetero) is 1. The summed E-state index contributed by atoms with van der Waals surface area (Å²) < 4.78 is 0. The lowest BCUT2D eigenvalue weighted by molar-refractivity contribution is -0.118. The standard InChI is InChI=1S/C25H27N3O3/c1-6-19(29)20-21(15-8-10-16(11-9-15)25(3,4)5)28(23(31)22(20)30)24-26-17-12-7-14(2)13-18(17)27-24/h7-13,21,30H,6H2,1-5H3,(H,26,27). The molecule has 1 amide bonds. The molecule has 0 saturated carbocycles. The van der Waals surface area contributed by atoms with E-state index >= 15 is 0 Å². The molecule has 3 aromatic rings. The Kier molecular flexibility index (Phi) is 4.96. The summed E-state index contributed by atoms with van der Waals surface area (Å²) >= 11 is 0. The van der Waals surface area contributed by atoms with E-state index in [1.807, 2.05) is 49.4 Å². The van der Waals surface area contributed by atoms with Crippen molar-refractivity contribution in [3.8, 4) is 0 Å². The van der Waals surface area contributed by atoms with Gasteiger partial charge in [-0.05, 0) is 41.2 Å². The number of rotatable bonds is 4. The second-order valence-corrected chi connectivity index (χ2v) is 9.07. The first-order valence-corrected chi connectivity index (χ1v) is 10.5. The van der Waals surface area contributed by atoms with Crippen molar-refractivity contribution >= 4 is 28.7 Å². The summed E-state index contributed by atoms with van der Waals surface area (Å²) in [6, 6.07) is 12.9. The summed E-state index contributed by atoms with van der Waals surface area (Å²) in [6.07, 6.45) is 0.191. The smallest absolute Gasteiger partial charge is 0.296 e. The molecule has 31 heavy (non-hydrogen) atoms. The molecule has 0 spiro atoms. The molecule has 2 N–H and O–H groups in total. The minimum absolute atomic E-state index is 0.0274. The van der Waals surface area contributed by atoms with Crippen LogP contribution in [0.3, 0.4) is 0 Å². The zero-order chi connectivity index (χ0) is 22.5. The highest BCUT2D eigenvalue weighted by Gasteiger charge is 2.45. The Hall–Kier alpha value is -3.41. The van der Waals surface area contributed by atoms with Gasteiger partial charge in [0.2, 0.25) is 5.95 Å². The molecule has 4 rings (SSSR count). The van der Waals surface area contributed by atoms with Crippen LogP contribution in [0.25, 0.3) is 11.0 Å². The number of aryl methyl sites for hydroxylation is 1. The van der Waals surface area contributed by atoms with Crippen molar-refractivity contribution in [1.29, 1.82) is 0 Å². The number of carbonyl (C=O) groups excluding carboxylic acids is 2. The van der Waals surface area contributed by atoms with Gasteiger partial charge in [-0.3, -0.25) is 14.5 Å². The van der Waals surface area contributed by atoms with Gasteiger partial charge in [0.1, 0.15) is 0 Å². The molecule has 6 nitrogen and oxygen atoms in total. The molecule has 0 aliphatic carbocycles. The molecular formula is C25H27N3O3. The van der Waals surface area contributed by atoms with Gasteiger partial charge in [-0.25, -0.2) is 4.98 Å². The van der Waals surface area contributed by atoms with E-state index in [9.17, 15) is 14.7 Å². The van der Waals surface area contributed by atoms with Crippen molar-refractivity contribution in [2.45, 2.75) is 52.5 Å². The Morgan fingerprint density at radius 2 is 1.84 bits per heavy atom. The summed E-state index contributed by atoms with van der Waals surface area (Å²) in [5.74, 6) is -1.09. The number of imidazole rings is 1. The number of H-pyrrole nitrogens is 1. The van der Waals surface area contributed by atoms with Crippen molar-refractivity contribution < 1.29 is 14.7 Å². The average Bonchev–Trinajstić information content (AvgIpc) is 3.25. The maximum absolute atomic E-state index is 13.1. The van der Waals surface area contributed by atoms with Crippen LogP contribution in [0.5, 0.6) is 0 Å². The largest absolute Gasteiger partial charge is 0.503 e. The van der Waals surface area contributed by atoms with Crippen molar-refractivity contribution in [1.82, 2.24) is 9.97 Å². The Balaban J connectivity index is 1.86. The van der Waals surface area contributed by atoms with Gasteiger partial charge in [0, 0.05) is 6.42 Å². The molecule has 1 atom stereocenters. The number of nitrogens with one attached hydrogen (secondary N) is 1. The number of amides is 1. The summed E-state index contributed by atoms with van der Waals surface area (Å²) in [5.41, 5.74) is 4.55. The molecule has 0 fully saturated rings. The van der Waals surface area contributed by atoms with Gasteiger partial charge in [-0.15, -0.1) is 0 Å². The van der Waals surface area contributed by atoms with E-state index in [2.05, 4.69) is 30.7 Å². The maximum Gasteiger partial charge on any atom is 0.296 e. The van der Waals surface area contributed by atoms with E-state index in [0.717, 1.165) is 22.2 Å². The first-order valence-electron chi connectivity index (χ1n) is 10.5. The Morgan fingerprint density at radius 3 is 2.45 bits per heavy atom. The average molecular weight is 418 g/mol. The molecule has 2 heterocycles. The fourth-order valence-corrected chi connectivity index (χ4v) is 4.00. The molecule has 160 valence electrons. The Bertz CT molecular complexity index is 1210. The zero-order valence-corrected chi connectivity index (χ0v) is 18.5. The minimum Gasteiger partial charge on any atom is -0.503 e. The number of aliphatic hydroxyl groups excluding tert-OH is 1. The zero-order valence-electron chi connectivity index (χ0n) is 18.5. The number of hydrogen-bond acceptors (Lipinski definition) is 4.